The molecule has 30 heavy (non-hydrogen) atoms. The number of carbonyl (C=O) groups is 1. The second-order valence-corrected chi connectivity index (χ2v) is 8.51. The van der Waals surface area contributed by atoms with E-state index in [9.17, 15) is 9.18 Å². The largest absolute Gasteiger partial charge is 0.454 e. The quantitative estimate of drug-likeness (QED) is 0.593. The van der Waals surface area contributed by atoms with E-state index in [0.717, 1.165) is 12.8 Å². The fourth-order valence-corrected chi connectivity index (χ4v) is 4.19. The molecule has 154 valence electrons. The number of fused-ring (bicyclic) bond motifs is 1. The molecule has 5 rings (SSSR count). The average Bonchev–Trinajstić information content (AvgIpc) is 3.32. The van der Waals surface area contributed by atoms with Crippen molar-refractivity contribution >= 4 is 23.4 Å². The number of hydrogen-bond acceptors (Lipinski definition) is 6. The van der Waals surface area contributed by atoms with Gasteiger partial charge in [-0.15, -0.1) is 10.2 Å². The number of nitrogens with zero attached hydrogens (tertiary/aromatic N) is 3. The van der Waals surface area contributed by atoms with Crippen LogP contribution in [-0.2, 0) is 4.79 Å². The molecule has 0 saturated heterocycles. The van der Waals surface area contributed by atoms with Crippen LogP contribution in [0.15, 0.2) is 47.6 Å². The van der Waals surface area contributed by atoms with Crippen LogP contribution in [0.1, 0.15) is 25.8 Å². The SMILES string of the molecule is CC(Sc1nnc(-c2ccccc2F)n1C1CC1)C(=O)Nc1ccc2c(c1)OCO2. The lowest BCUT2D eigenvalue weighted by molar-refractivity contribution is -0.115. The molecule has 0 bridgehead atoms. The molecule has 1 fully saturated rings. The fourth-order valence-electron chi connectivity index (χ4n) is 3.28. The maximum absolute atomic E-state index is 14.3. The van der Waals surface area contributed by atoms with Gasteiger partial charge in [0.15, 0.2) is 22.5 Å². The molecule has 1 atom stereocenters. The van der Waals surface area contributed by atoms with E-state index in [-0.39, 0.29) is 24.6 Å². The van der Waals surface area contributed by atoms with Gasteiger partial charge in [0.25, 0.3) is 0 Å². The first kappa shape index (κ1) is 18.9. The molecule has 1 aliphatic heterocycles. The van der Waals surface area contributed by atoms with E-state index in [1.54, 1.807) is 36.4 Å². The number of nitrogens with one attached hydrogen (secondary N) is 1. The Hall–Kier alpha value is -3.07. The van der Waals surface area contributed by atoms with E-state index in [4.69, 9.17) is 9.47 Å². The highest BCUT2D eigenvalue weighted by atomic mass is 32.2. The first-order valence-electron chi connectivity index (χ1n) is 9.67. The Balaban J connectivity index is 1.34. The highest BCUT2D eigenvalue weighted by molar-refractivity contribution is 8.00. The third kappa shape index (κ3) is 3.60. The van der Waals surface area contributed by atoms with Crippen molar-refractivity contribution in [2.75, 3.05) is 12.1 Å². The van der Waals surface area contributed by atoms with E-state index < -0.39 is 5.25 Å². The van der Waals surface area contributed by atoms with Crippen LogP contribution in [0, 0.1) is 5.82 Å². The van der Waals surface area contributed by atoms with Crippen LogP contribution < -0.4 is 14.8 Å². The molecule has 1 saturated carbocycles. The maximum atomic E-state index is 14.3. The number of carbonyl (C=O) groups excluding carboxylic acids is 1. The lowest BCUT2D eigenvalue weighted by Gasteiger charge is -2.14. The summed E-state index contributed by atoms with van der Waals surface area (Å²) in [7, 11) is 0. The van der Waals surface area contributed by atoms with Gasteiger partial charge in [-0.25, -0.2) is 4.39 Å². The van der Waals surface area contributed by atoms with Gasteiger partial charge >= 0.3 is 0 Å². The van der Waals surface area contributed by atoms with Crippen LogP contribution in [0.4, 0.5) is 10.1 Å². The van der Waals surface area contributed by atoms with Crippen molar-refractivity contribution in [3.63, 3.8) is 0 Å². The lowest BCUT2D eigenvalue weighted by Crippen LogP contribution is -2.23. The Morgan fingerprint density at radius 2 is 2.00 bits per heavy atom. The number of hydrogen-bond donors (Lipinski definition) is 1. The number of rotatable bonds is 6. The summed E-state index contributed by atoms with van der Waals surface area (Å²) in [5.74, 6) is 1.26. The number of aromatic nitrogens is 3. The van der Waals surface area contributed by atoms with Crippen LogP contribution in [0.2, 0.25) is 0 Å². The van der Waals surface area contributed by atoms with E-state index in [1.165, 1.54) is 17.8 Å². The minimum absolute atomic E-state index is 0.170. The van der Waals surface area contributed by atoms with Gasteiger partial charge in [-0.3, -0.25) is 9.36 Å². The van der Waals surface area contributed by atoms with E-state index in [1.807, 2.05) is 11.5 Å². The summed E-state index contributed by atoms with van der Waals surface area (Å²) in [6.45, 7) is 1.99. The Kier molecular flexibility index (Phi) is 4.82. The second kappa shape index (κ2) is 7.64. The Morgan fingerprint density at radius 1 is 1.20 bits per heavy atom. The van der Waals surface area contributed by atoms with Crippen molar-refractivity contribution in [2.24, 2.45) is 0 Å². The zero-order valence-corrected chi connectivity index (χ0v) is 17.0. The monoisotopic (exact) mass is 426 g/mol. The zero-order chi connectivity index (χ0) is 20.7. The van der Waals surface area contributed by atoms with Crippen LogP contribution in [-0.4, -0.2) is 32.7 Å². The predicted molar refractivity (Wildman–Crippen MR) is 110 cm³/mol. The number of amides is 1. The maximum Gasteiger partial charge on any atom is 0.237 e. The van der Waals surface area contributed by atoms with Crippen LogP contribution in [0.5, 0.6) is 11.5 Å². The van der Waals surface area contributed by atoms with Crippen molar-refractivity contribution in [1.82, 2.24) is 14.8 Å². The lowest BCUT2D eigenvalue weighted by atomic mass is 10.2. The molecular weight excluding hydrogens is 407 g/mol. The third-order valence-electron chi connectivity index (χ3n) is 4.98. The zero-order valence-electron chi connectivity index (χ0n) is 16.2. The Labute approximate surface area is 176 Å². The number of halogens is 1. The standard InChI is InChI=1S/C21H19FN4O3S/c1-12(20(27)23-13-6-9-17-18(10-13)29-11-28-17)30-21-25-24-19(26(21)14-7-8-14)15-4-2-3-5-16(15)22/h2-6,9-10,12,14H,7-8,11H2,1H3,(H,23,27). The molecule has 9 heteroatoms. The third-order valence-corrected chi connectivity index (χ3v) is 6.04. The highest BCUT2D eigenvalue weighted by Gasteiger charge is 2.32. The summed E-state index contributed by atoms with van der Waals surface area (Å²) in [6.07, 6.45) is 1.98. The van der Waals surface area contributed by atoms with Gasteiger partial charge in [0, 0.05) is 17.8 Å². The Morgan fingerprint density at radius 3 is 2.80 bits per heavy atom. The van der Waals surface area contributed by atoms with E-state index in [0.29, 0.717) is 33.7 Å². The second-order valence-electron chi connectivity index (χ2n) is 7.20. The summed E-state index contributed by atoms with van der Waals surface area (Å²) in [5, 5.41) is 11.6. The molecule has 3 aromatic rings. The molecule has 2 aromatic carbocycles. The molecule has 2 aliphatic rings. The number of thioether (sulfide) groups is 1. The number of benzene rings is 2. The summed E-state index contributed by atoms with van der Waals surface area (Å²) in [5.41, 5.74) is 1.05. The highest BCUT2D eigenvalue weighted by Crippen LogP contribution is 2.42. The van der Waals surface area contributed by atoms with Gasteiger partial charge < -0.3 is 14.8 Å². The molecule has 7 nitrogen and oxygen atoms in total. The van der Waals surface area contributed by atoms with Crippen LogP contribution in [0.3, 0.4) is 0 Å². The summed E-state index contributed by atoms with van der Waals surface area (Å²) < 4.78 is 26.9. The van der Waals surface area contributed by atoms with Gasteiger partial charge in [-0.1, -0.05) is 23.9 Å². The molecule has 1 unspecified atom stereocenters. The first-order chi connectivity index (χ1) is 14.6. The van der Waals surface area contributed by atoms with Gasteiger partial charge in [0.2, 0.25) is 12.7 Å². The van der Waals surface area contributed by atoms with Crippen LogP contribution >= 0.6 is 11.8 Å². The molecule has 1 aromatic heterocycles. The molecule has 0 spiro atoms. The summed E-state index contributed by atoms with van der Waals surface area (Å²) >= 11 is 1.31. The van der Waals surface area contributed by atoms with Gasteiger partial charge in [-0.2, -0.15) is 0 Å². The van der Waals surface area contributed by atoms with Crippen LogP contribution in [0.25, 0.3) is 11.4 Å². The minimum atomic E-state index is -0.425. The minimum Gasteiger partial charge on any atom is -0.454 e. The summed E-state index contributed by atoms with van der Waals surface area (Å²) in [4.78, 5) is 12.7. The predicted octanol–water partition coefficient (Wildman–Crippen LogP) is 4.27. The van der Waals surface area contributed by atoms with Crippen molar-refractivity contribution in [1.29, 1.82) is 0 Å². The molecule has 2 heterocycles. The normalized spacial score (nSPS) is 15.8. The Bertz CT molecular complexity index is 1120. The van der Waals surface area contributed by atoms with Gasteiger partial charge in [0.1, 0.15) is 5.82 Å². The summed E-state index contributed by atoms with van der Waals surface area (Å²) in [6, 6.07) is 12.0. The van der Waals surface area contributed by atoms with E-state index >= 15 is 0 Å². The van der Waals surface area contributed by atoms with Gasteiger partial charge in [-0.05, 0) is 44.0 Å². The average molecular weight is 426 g/mol. The topological polar surface area (TPSA) is 78.3 Å². The number of anilines is 1. The molecule has 1 aliphatic carbocycles. The number of ether oxygens (including phenoxy) is 2. The molecule has 1 N–H and O–H groups in total. The fraction of sp³-hybridized carbons (Fsp3) is 0.286. The van der Waals surface area contributed by atoms with Crippen molar-refractivity contribution in [2.45, 2.75) is 36.2 Å². The van der Waals surface area contributed by atoms with Crippen molar-refractivity contribution in [3.8, 4) is 22.9 Å². The van der Waals surface area contributed by atoms with Gasteiger partial charge in [0.05, 0.1) is 10.8 Å². The first-order valence-corrected chi connectivity index (χ1v) is 10.5. The van der Waals surface area contributed by atoms with E-state index in [2.05, 4.69) is 15.5 Å². The smallest absolute Gasteiger partial charge is 0.237 e. The molecular formula is C21H19FN4O3S. The van der Waals surface area contributed by atoms with Crippen molar-refractivity contribution in [3.05, 3.63) is 48.3 Å². The van der Waals surface area contributed by atoms with Crippen molar-refractivity contribution < 1.29 is 18.7 Å². The molecule has 1 amide bonds. The molecule has 0 radical (unpaired) electrons.